The third-order valence-corrected chi connectivity index (χ3v) is 5.38. The zero-order valence-corrected chi connectivity index (χ0v) is 16.8. The minimum atomic E-state index is 0.0323. The molecule has 3 aromatic rings. The molecule has 0 radical (unpaired) electrons. The van der Waals surface area contributed by atoms with Crippen molar-refractivity contribution in [3.63, 3.8) is 0 Å². The summed E-state index contributed by atoms with van der Waals surface area (Å²) in [5, 5.41) is 4.11. The average molecular weight is 377 g/mol. The lowest BCUT2D eigenvalue weighted by Crippen LogP contribution is -2.30. The van der Waals surface area contributed by atoms with Gasteiger partial charge in [-0.15, -0.1) is 0 Å². The van der Waals surface area contributed by atoms with E-state index >= 15 is 0 Å². The molecule has 0 saturated carbocycles. The lowest BCUT2D eigenvalue weighted by atomic mass is 10.1. The number of imidazole rings is 1. The summed E-state index contributed by atoms with van der Waals surface area (Å²) in [4.78, 5) is 27.4. The lowest BCUT2D eigenvalue weighted by Gasteiger charge is -2.14. The summed E-state index contributed by atoms with van der Waals surface area (Å²) in [6, 6.07) is 8.02. The van der Waals surface area contributed by atoms with E-state index in [0.29, 0.717) is 6.54 Å². The summed E-state index contributed by atoms with van der Waals surface area (Å²) >= 11 is 0. The van der Waals surface area contributed by atoms with Gasteiger partial charge >= 0.3 is 0 Å². The van der Waals surface area contributed by atoms with E-state index in [4.69, 9.17) is 4.98 Å². The monoisotopic (exact) mass is 377 g/mol. The number of aromatic nitrogens is 3. The zero-order valence-electron chi connectivity index (χ0n) is 16.8. The molecule has 146 valence electrons. The van der Waals surface area contributed by atoms with Gasteiger partial charge in [0.15, 0.2) is 0 Å². The number of nitrogens with one attached hydrogen (secondary N) is 2. The smallest absolute Gasteiger partial charge is 0.238 e. The van der Waals surface area contributed by atoms with Crippen LogP contribution in [-0.4, -0.2) is 45.4 Å². The molecule has 4 rings (SSSR count). The molecule has 1 aliphatic rings. The summed E-state index contributed by atoms with van der Waals surface area (Å²) in [5.74, 6) is 1.000. The van der Waals surface area contributed by atoms with Crippen LogP contribution in [0.15, 0.2) is 24.3 Å². The van der Waals surface area contributed by atoms with Crippen molar-refractivity contribution >= 4 is 22.5 Å². The van der Waals surface area contributed by atoms with Crippen LogP contribution in [-0.2, 0) is 11.2 Å². The molecular formula is C22H27N5O. The summed E-state index contributed by atoms with van der Waals surface area (Å²) < 4.78 is 0. The highest BCUT2D eigenvalue weighted by molar-refractivity contribution is 5.95. The standard InChI is InChI=1S/C22H27N5O/c1-4-20-23-15(3)22(26-20)19-11-14(2)17-8-7-16(12-18(17)25-19)24-21(28)13-27-9-5-6-10-27/h7-8,11-12H,4-6,9-10,13H2,1-3H3,(H,23,26)(H,24,28). The van der Waals surface area contributed by atoms with Gasteiger partial charge < -0.3 is 10.3 Å². The molecule has 0 atom stereocenters. The van der Waals surface area contributed by atoms with E-state index in [9.17, 15) is 4.79 Å². The van der Waals surface area contributed by atoms with Crippen molar-refractivity contribution in [3.05, 3.63) is 41.3 Å². The van der Waals surface area contributed by atoms with E-state index in [1.165, 1.54) is 12.8 Å². The van der Waals surface area contributed by atoms with Gasteiger partial charge in [0.05, 0.1) is 17.8 Å². The van der Waals surface area contributed by atoms with Crippen molar-refractivity contribution in [2.45, 2.75) is 40.0 Å². The van der Waals surface area contributed by atoms with Crippen molar-refractivity contribution in [2.75, 3.05) is 25.0 Å². The molecule has 1 aliphatic heterocycles. The third-order valence-electron chi connectivity index (χ3n) is 5.38. The molecule has 1 amide bonds. The predicted octanol–water partition coefficient (Wildman–Crippen LogP) is 3.84. The molecule has 0 bridgehead atoms. The third kappa shape index (κ3) is 3.78. The Hall–Kier alpha value is -2.73. The van der Waals surface area contributed by atoms with Crippen molar-refractivity contribution in [2.24, 2.45) is 0 Å². The second-order valence-electron chi connectivity index (χ2n) is 7.60. The van der Waals surface area contributed by atoms with Gasteiger partial charge in [-0.1, -0.05) is 13.0 Å². The van der Waals surface area contributed by atoms with Gasteiger partial charge in [0.25, 0.3) is 0 Å². The molecule has 6 nitrogen and oxygen atoms in total. The van der Waals surface area contributed by atoms with Gasteiger partial charge in [-0.05, 0) is 63.5 Å². The van der Waals surface area contributed by atoms with Gasteiger partial charge in [0.2, 0.25) is 5.91 Å². The van der Waals surface area contributed by atoms with E-state index in [2.05, 4.69) is 40.1 Å². The van der Waals surface area contributed by atoms with E-state index in [-0.39, 0.29) is 5.91 Å². The number of aryl methyl sites for hydroxylation is 3. The molecule has 1 aromatic carbocycles. The number of anilines is 1. The van der Waals surface area contributed by atoms with Gasteiger partial charge in [-0.2, -0.15) is 0 Å². The second-order valence-corrected chi connectivity index (χ2v) is 7.60. The van der Waals surface area contributed by atoms with Crippen molar-refractivity contribution in [1.29, 1.82) is 0 Å². The molecule has 1 saturated heterocycles. The first-order chi connectivity index (χ1) is 13.5. The molecule has 2 aromatic heterocycles. The van der Waals surface area contributed by atoms with Crippen LogP contribution in [0, 0.1) is 13.8 Å². The highest BCUT2D eigenvalue weighted by Crippen LogP contribution is 2.27. The number of likely N-dealkylation sites (tertiary alicyclic amines) is 1. The van der Waals surface area contributed by atoms with E-state index in [1.807, 2.05) is 25.1 Å². The van der Waals surface area contributed by atoms with Gasteiger partial charge in [-0.25, -0.2) is 9.97 Å². The molecule has 0 spiro atoms. The van der Waals surface area contributed by atoms with Crippen LogP contribution in [0.4, 0.5) is 5.69 Å². The fourth-order valence-corrected chi connectivity index (χ4v) is 3.89. The van der Waals surface area contributed by atoms with Crippen LogP contribution in [0.25, 0.3) is 22.3 Å². The van der Waals surface area contributed by atoms with Crippen LogP contribution in [0.2, 0.25) is 0 Å². The topological polar surface area (TPSA) is 73.9 Å². The number of pyridine rings is 1. The number of H-pyrrole nitrogens is 1. The number of hydrogen-bond acceptors (Lipinski definition) is 4. The number of amides is 1. The normalized spacial score (nSPS) is 14.7. The average Bonchev–Trinajstić information content (AvgIpc) is 3.30. The van der Waals surface area contributed by atoms with Crippen LogP contribution in [0.3, 0.4) is 0 Å². The Morgan fingerprint density at radius 2 is 1.96 bits per heavy atom. The fraction of sp³-hybridized carbons (Fsp3) is 0.409. The van der Waals surface area contributed by atoms with Gasteiger partial charge in [0, 0.05) is 23.2 Å². The summed E-state index contributed by atoms with van der Waals surface area (Å²) in [5.41, 5.74) is 5.58. The van der Waals surface area contributed by atoms with Crippen LogP contribution in [0.1, 0.15) is 36.8 Å². The number of carbonyl (C=O) groups excluding carboxylic acids is 1. The Labute approximate surface area is 165 Å². The molecule has 0 unspecified atom stereocenters. The van der Waals surface area contributed by atoms with E-state index in [1.54, 1.807) is 0 Å². The number of hydrogen-bond donors (Lipinski definition) is 2. The highest BCUT2D eigenvalue weighted by Gasteiger charge is 2.16. The SMILES string of the molecule is CCc1nc(-c2cc(C)c3ccc(NC(=O)CN4CCCC4)cc3n2)c(C)[nH]1. The molecule has 2 N–H and O–H groups in total. The number of rotatable bonds is 5. The molecule has 6 heteroatoms. The first-order valence-electron chi connectivity index (χ1n) is 10.0. The van der Waals surface area contributed by atoms with Crippen LogP contribution in [0.5, 0.6) is 0 Å². The second kappa shape index (κ2) is 7.72. The zero-order chi connectivity index (χ0) is 19.7. The van der Waals surface area contributed by atoms with Crippen molar-refractivity contribution < 1.29 is 4.79 Å². The van der Waals surface area contributed by atoms with E-state index in [0.717, 1.165) is 64.6 Å². The summed E-state index contributed by atoms with van der Waals surface area (Å²) in [6.45, 7) is 8.67. The fourth-order valence-electron chi connectivity index (χ4n) is 3.89. The van der Waals surface area contributed by atoms with Crippen LogP contribution < -0.4 is 5.32 Å². The Bertz CT molecular complexity index is 1020. The number of fused-ring (bicyclic) bond motifs is 1. The molecule has 1 fully saturated rings. The number of carbonyl (C=O) groups is 1. The first-order valence-corrected chi connectivity index (χ1v) is 10.0. The minimum absolute atomic E-state index is 0.0323. The Morgan fingerprint density at radius 3 is 2.68 bits per heavy atom. The van der Waals surface area contributed by atoms with Crippen LogP contribution >= 0.6 is 0 Å². The first kappa shape index (κ1) is 18.6. The predicted molar refractivity (Wildman–Crippen MR) is 112 cm³/mol. The van der Waals surface area contributed by atoms with Crippen molar-refractivity contribution in [1.82, 2.24) is 19.9 Å². The Kier molecular flexibility index (Phi) is 5.13. The number of aromatic amines is 1. The van der Waals surface area contributed by atoms with Crippen molar-refractivity contribution in [3.8, 4) is 11.4 Å². The van der Waals surface area contributed by atoms with E-state index < -0.39 is 0 Å². The summed E-state index contributed by atoms with van der Waals surface area (Å²) in [6.07, 6.45) is 3.23. The Morgan fingerprint density at radius 1 is 1.18 bits per heavy atom. The Balaban J connectivity index is 1.62. The minimum Gasteiger partial charge on any atom is -0.346 e. The lowest BCUT2D eigenvalue weighted by molar-refractivity contribution is -0.117. The maximum Gasteiger partial charge on any atom is 0.238 e. The molecule has 3 heterocycles. The quantitative estimate of drug-likeness (QED) is 0.708. The largest absolute Gasteiger partial charge is 0.346 e. The molecule has 28 heavy (non-hydrogen) atoms. The maximum absolute atomic E-state index is 12.4. The number of nitrogens with zero attached hydrogens (tertiary/aromatic N) is 3. The molecule has 0 aliphatic carbocycles. The maximum atomic E-state index is 12.4. The number of benzene rings is 1. The summed E-state index contributed by atoms with van der Waals surface area (Å²) in [7, 11) is 0. The highest BCUT2D eigenvalue weighted by atomic mass is 16.2. The van der Waals surface area contributed by atoms with Gasteiger partial charge in [-0.3, -0.25) is 9.69 Å². The van der Waals surface area contributed by atoms with Gasteiger partial charge in [0.1, 0.15) is 11.5 Å². The molecular weight excluding hydrogens is 350 g/mol.